The first-order valence-electron chi connectivity index (χ1n) is 6.70. The molecule has 0 aliphatic carbocycles. The van der Waals surface area contributed by atoms with E-state index in [0.717, 1.165) is 0 Å². The number of carbonyl (C=O) groups excluding carboxylic acids is 2. The summed E-state index contributed by atoms with van der Waals surface area (Å²) in [5.41, 5.74) is -0.496. The van der Waals surface area contributed by atoms with Crippen molar-refractivity contribution in [2.75, 3.05) is 6.54 Å². The quantitative estimate of drug-likeness (QED) is 0.797. The van der Waals surface area contributed by atoms with E-state index in [1.165, 1.54) is 12.1 Å². The highest BCUT2D eigenvalue weighted by Gasteiger charge is 2.18. The SMILES string of the molecule is C[C@@H](CNC(=O)OC(C)(C)C)Oc1ccc(F)c(Br)c1C=O. The number of carbonyl (C=O) groups is 2. The van der Waals surface area contributed by atoms with Crippen LogP contribution in [0.15, 0.2) is 16.6 Å². The molecule has 22 heavy (non-hydrogen) atoms. The van der Waals surface area contributed by atoms with Crippen LogP contribution >= 0.6 is 15.9 Å². The topological polar surface area (TPSA) is 64.6 Å². The maximum absolute atomic E-state index is 13.4. The van der Waals surface area contributed by atoms with E-state index >= 15 is 0 Å². The molecule has 1 aromatic carbocycles. The Bertz CT molecular complexity index is 557. The van der Waals surface area contributed by atoms with Crippen molar-refractivity contribution >= 4 is 28.3 Å². The fourth-order valence-corrected chi connectivity index (χ4v) is 1.98. The Labute approximate surface area is 137 Å². The Morgan fingerprint density at radius 3 is 2.64 bits per heavy atom. The average molecular weight is 376 g/mol. The van der Waals surface area contributed by atoms with E-state index in [1.807, 2.05) is 0 Å². The molecule has 0 fully saturated rings. The van der Waals surface area contributed by atoms with Crippen LogP contribution in [-0.2, 0) is 4.74 Å². The van der Waals surface area contributed by atoms with Crippen molar-refractivity contribution in [2.24, 2.45) is 0 Å². The Hall–Kier alpha value is -1.63. The fraction of sp³-hybridized carbons (Fsp3) is 0.467. The van der Waals surface area contributed by atoms with Gasteiger partial charge in [0.2, 0.25) is 0 Å². The Kier molecular flexibility index (Phi) is 6.34. The summed E-state index contributed by atoms with van der Waals surface area (Å²) < 4.78 is 24.1. The smallest absolute Gasteiger partial charge is 0.407 e. The summed E-state index contributed by atoms with van der Waals surface area (Å²) in [6.07, 6.45) is -0.473. The number of nitrogens with one attached hydrogen (secondary N) is 1. The first-order chi connectivity index (χ1) is 10.1. The van der Waals surface area contributed by atoms with Gasteiger partial charge in [-0.3, -0.25) is 4.79 Å². The molecule has 7 heteroatoms. The molecule has 0 aliphatic heterocycles. The predicted octanol–water partition coefficient (Wildman–Crippen LogP) is 3.69. The predicted molar refractivity (Wildman–Crippen MR) is 83.8 cm³/mol. The zero-order valence-corrected chi connectivity index (χ0v) is 14.5. The van der Waals surface area contributed by atoms with Gasteiger partial charge in [0.25, 0.3) is 0 Å². The second kappa shape index (κ2) is 7.58. The number of amides is 1. The normalized spacial score (nSPS) is 12.5. The standard InChI is InChI=1S/C15H19BrFNO4/c1-9(7-18-14(20)22-15(2,3)4)21-12-6-5-11(17)13(16)10(12)8-19/h5-6,8-9H,7H2,1-4H3,(H,18,20)/t9-/m0/s1. The van der Waals surface area contributed by atoms with Crippen molar-refractivity contribution in [2.45, 2.75) is 39.4 Å². The number of alkyl carbamates (subject to hydrolysis) is 1. The van der Waals surface area contributed by atoms with Crippen molar-refractivity contribution in [1.29, 1.82) is 0 Å². The second-order valence-electron chi connectivity index (χ2n) is 5.70. The lowest BCUT2D eigenvalue weighted by atomic mass is 10.2. The van der Waals surface area contributed by atoms with Crippen molar-refractivity contribution in [3.8, 4) is 5.75 Å². The zero-order valence-electron chi connectivity index (χ0n) is 12.9. The van der Waals surface area contributed by atoms with E-state index < -0.39 is 23.6 Å². The first kappa shape index (κ1) is 18.4. The number of benzene rings is 1. The summed E-state index contributed by atoms with van der Waals surface area (Å²) in [7, 11) is 0. The molecular formula is C15H19BrFNO4. The minimum Gasteiger partial charge on any atom is -0.488 e. The maximum Gasteiger partial charge on any atom is 0.407 e. The molecule has 0 saturated heterocycles. The van der Waals surface area contributed by atoms with Gasteiger partial charge in [0, 0.05) is 0 Å². The molecule has 1 rings (SSSR count). The van der Waals surface area contributed by atoms with Crippen LogP contribution in [0, 0.1) is 5.82 Å². The molecule has 0 radical (unpaired) electrons. The third kappa shape index (κ3) is 5.63. The lowest BCUT2D eigenvalue weighted by Gasteiger charge is -2.21. The highest BCUT2D eigenvalue weighted by atomic mass is 79.9. The van der Waals surface area contributed by atoms with Gasteiger partial charge >= 0.3 is 6.09 Å². The van der Waals surface area contributed by atoms with Crippen LogP contribution in [0.3, 0.4) is 0 Å². The van der Waals surface area contributed by atoms with E-state index in [1.54, 1.807) is 27.7 Å². The van der Waals surface area contributed by atoms with Gasteiger partial charge in [0.15, 0.2) is 6.29 Å². The fourth-order valence-electron chi connectivity index (χ4n) is 1.56. The molecule has 0 saturated carbocycles. The minimum absolute atomic E-state index is 0.0484. The third-order valence-electron chi connectivity index (χ3n) is 2.47. The van der Waals surface area contributed by atoms with Crippen LogP contribution in [0.25, 0.3) is 0 Å². The zero-order chi connectivity index (χ0) is 16.9. The lowest BCUT2D eigenvalue weighted by molar-refractivity contribution is 0.0504. The molecule has 0 aromatic heterocycles. The van der Waals surface area contributed by atoms with Gasteiger partial charge in [-0.05, 0) is 55.8 Å². The van der Waals surface area contributed by atoms with E-state index in [-0.39, 0.29) is 22.3 Å². The van der Waals surface area contributed by atoms with Crippen LogP contribution in [0.5, 0.6) is 5.75 Å². The molecule has 0 unspecified atom stereocenters. The van der Waals surface area contributed by atoms with Crippen LogP contribution in [0.4, 0.5) is 9.18 Å². The van der Waals surface area contributed by atoms with Crippen LogP contribution in [-0.4, -0.2) is 30.6 Å². The molecule has 122 valence electrons. The monoisotopic (exact) mass is 375 g/mol. The van der Waals surface area contributed by atoms with Gasteiger partial charge in [-0.2, -0.15) is 0 Å². The van der Waals surface area contributed by atoms with Crippen LogP contribution < -0.4 is 10.1 Å². The molecule has 1 aromatic rings. The summed E-state index contributed by atoms with van der Waals surface area (Å²) in [4.78, 5) is 22.6. The van der Waals surface area contributed by atoms with Crippen molar-refractivity contribution in [3.63, 3.8) is 0 Å². The number of hydrogen-bond acceptors (Lipinski definition) is 4. The number of aldehydes is 1. The number of halogens is 2. The van der Waals surface area contributed by atoms with Crippen molar-refractivity contribution in [3.05, 3.63) is 28.0 Å². The largest absolute Gasteiger partial charge is 0.488 e. The molecule has 1 N–H and O–H groups in total. The van der Waals surface area contributed by atoms with E-state index in [0.29, 0.717) is 6.29 Å². The molecular weight excluding hydrogens is 357 g/mol. The molecule has 0 bridgehead atoms. The van der Waals surface area contributed by atoms with Gasteiger partial charge in [0.05, 0.1) is 16.6 Å². The summed E-state index contributed by atoms with van der Waals surface area (Å²) >= 11 is 3.00. The molecule has 0 heterocycles. The van der Waals surface area contributed by atoms with Gasteiger partial charge in [-0.15, -0.1) is 0 Å². The number of ether oxygens (including phenoxy) is 2. The summed E-state index contributed by atoms with van der Waals surface area (Å²) in [5.74, 6) is -0.309. The van der Waals surface area contributed by atoms with Crippen LogP contribution in [0.2, 0.25) is 0 Å². The van der Waals surface area contributed by atoms with Gasteiger partial charge in [-0.25, -0.2) is 9.18 Å². The van der Waals surface area contributed by atoms with Crippen LogP contribution in [0.1, 0.15) is 38.1 Å². The van der Waals surface area contributed by atoms with E-state index in [2.05, 4.69) is 21.2 Å². The van der Waals surface area contributed by atoms with Crippen molar-refractivity contribution in [1.82, 2.24) is 5.32 Å². The van der Waals surface area contributed by atoms with Crippen molar-refractivity contribution < 1.29 is 23.5 Å². The highest BCUT2D eigenvalue weighted by molar-refractivity contribution is 9.10. The van der Waals surface area contributed by atoms with Gasteiger partial charge in [-0.1, -0.05) is 0 Å². The van der Waals surface area contributed by atoms with E-state index in [9.17, 15) is 14.0 Å². The molecule has 0 aliphatic rings. The molecule has 1 atom stereocenters. The number of rotatable bonds is 5. The third-order valence-corrected chi connectivity index (χ3v) is 3.28. The van der Waals surface area contributed by atoms with E-state index in [4.69, 9.17) is 9.47 Å². The summed E-state index contributed by atoms with van der Waals surface area (Å²) in [6.45, 7) is 7.18. The maximum atomic E-state index is 13.4. The van der Waals surface area contributed by atoms with Gasteiger partial charge in [0.1, 0.15) is 23.3 Å². The molecule has 1 amide bonds. The molecule has 5 nitrogen and oxygen atoms in total. The lowest BCUT2D eigenvalue weighted by Crippen LogP contribution is -2.37. The number of hydrogen-bond donors (Lipinski definition) is 1. The summed E-state index contributed by atoms with van der Waals surface area (Å²) in [6, 6.07) is 2.56. The van der Waals surface area contributed by atoms with Gasteiger partial charge < -0.3 is 14.8 Å². The Balaban J connectivity index is 2.63. The second-order valence-corrected chi connectivity index (χ2v) is 6.50. The average Bonchev–Trinajstić information content (AvgIpc) is 2.39. The first-order valence-corrected chi connectivity index (χ1v) is 7.50. The Morgan fingerprint density at radius 1 is 1.45 bits per heavy atom. The Morgan fingerprint density at radius 2 is 2.09 bits per heavy atom. The highest BCUT2D eigenvalue weighted by Crippen LogP contribution is 2.28. The minimum atomic E-state index is -0.583. The summed E-state index contributed by atoms with van der Waals surface area (Å²) in [5, 5.41) is 2.56. The molecule has 0 spiro atoms.